The van der Waals surface area contributed by atoms with E-state index in [1.54, 1.807) is 25.1 Å². The predicted molar refractivity (Wildman–Crippen MR) is 76.1 cm³/mol. The molecule has 108 valence electrons. The largest absolute Gasteiger partial charge is 0.364 e. The molecule has 0 unspecified atom stereocenters. The molecule has 0 aliphatic heterocycles. The van der Waals surface area contributed by atoms with E-state index in [0.717, 1.165) is 0 Å². The monoisotopic (exact) mass is 287 g/mol. The molecule has 0 spiro atoms. The van der Waals surface area contributed by atoms with Crippen LogP contribution in [0.1, 0.15) is 21.6 Å². The molecule has 0 saturated heterocycles. The summed E-state index contributed by atoms with van der Waals surface area (Å²) in [6.07, 6.45) is 1.33. The fourth-order valence-corrected chi connectivity index (χ4v) is 1.86. The van der Waals surface area contributed by atoms with Crippen LogP contribution in [0.4, 0.5) is 5.69 Å². The van der Waals surface area contributed by atoms with E-state index >= 15 is 0 Å². The van der Waals surface area contributed by atoms with Crippen molar-refractivity contribution in [3.63, 3.8) is 0 Å². The van der Waals surface area contributed by atoms with Crippen LogP contribution < -0.4 is 10.7 Å². The molecule has 2 aromatic rings. The van der Waals surface area contributed by atoms with Gasteiger partial charge in [0.15, 0.2) is 5.43 Å². The maximum atomic E-state index is 11.9. The summed E-state index contributed by atoms with van der Waals surface area (Å²) in [5, 5.41) is 13.4. The second-order valence-corrected chi connectivity index (χ2v) is 4.46. The average Bonchev–Trinajstić information content (AvgIpc) is 2.45. The summed E-state index contributed by atoms with van der Waals surface area (Å²) in [7, 11) is 0. The minimum Gasteiger partial charge on any atom is -0.364 e. The molecule has 1 aromatic carbocycles. The molecule has 0 aliphatic rings. The summed E-state index contributed by atoms with van der Waals surface area (Å²) in [5.74, 6) is -0.575. The number of aryl methyl sites for hydroxylation is 1. The molecular weight excluding hydrogens is 274 g/mol. The first kappa shape index (κ1) is 14.4. The van der Waals surface area contributed by atoms with Crippen LogP contribution >= 0.6 is 0 Å². The van der Waals surface area contributed by atoms with E-state index in [1.807, 2.05) is 0 Å². The highest BCUT2D eigenvalue weighted by Gasteiger charge is 2.15. The quantitative estimate of drug-likeness (QED) is 0.657. The van der Waals surface area contributed by atoms with E-state index in [1.165, 1.54) is 18.3 Å². The van der Waals surface area contributed by atoms with Crippen LogP contribution in [-0.4, -0.2) is 15.8 Å². The van der Waals surface area contributed by atoms with Gasteiger partial charge < -0.3 is 10.3 Å². The number of carbonyl (C=O) groups excluding carboxylic acids is 1. The molecule has 2 rings (SSSR count). The van der Waals surface area contributed by atoms with Gasteiger partial charge in [-0.25, -0.2) is 0 Å². The first-order valence-electron chi connectivity index (χ1n) is 6.19. The van der Waals surface area contributed by atoms with Crippen molar-refractivity contribution >= 4 is 11.6 Å². The molecule has 21 heavy (non-hydrogen) atoms. The molecule has 0 fully saturated rings. The molecule has 0 saturated carbocycles. The predicted octanol–water partition coefficient (Wildman–Crippen LogP) is 1.52. The van der Waals surface area contributed by atoms with Crippen molar-refractivity contribution in [3.05, 3.63) is 73.7 Å². The zero-order chi connectivity index (χ0) is 15.4. The second kappa shape index (κ2) is 6.00. The number of rotatable bonds is 4. The van der Waals surface area contributed by atoms with Gasteiger partial charge in [-0.2, -0.15) is 0 Å². The smallest absolute Gasteiger partial charge is 0.274 e. The van der Waals surface area contributed by atoms with Gasteiger partial charge in [0, 0.05) is 36.1 Å². The third kappa shape index (κ3) is 3.33. The van der Waals surface area contributed by atoms with Crippen LogP contribution in [0.25, 0.3) is 0 Å². The topological polar surface area (TPSA) is 105 Å². The van der Waals surface area contributed by atoms with Gasteiger partial charge in [0.25, 0.3) is 11.6 Å². The number of hydrogen-bond donors (Lipinski definition) is 2. The summed E-state index contributed by atoms with van der Waals surface area (Å²) in [6.45, 7) is 1.68. The third-order valence-electron chi connectivity index (χ3n) is 2.93. The van der Waals surface area contributed by atoms with Crippen molar-refractivity contribution in [1.29, 1.82) is 0 Å². The number of H-pyrrole nitrogens is 1. The van der Waals surface area contributed by atoms with Gasteiger partial charge in [-0.3, -0.25) is 19.7 Å². The number of amides is 1. The lowest BCUT2D eigenvalue weighted by Gasteiger charge is -2.06. The lowest BCUT2D eigenvalue weighted by atomic mass is 10.1. The summed E-state index contributed by atoms with van der Waals surface area (Å²) >= 11 is 0. The Morgan fingerprint density at radius 1 is 1.38 bits per heavy atom. The molecule has 1 heterocycles. The van der Waals surface area contributed by atoms with Crippen LogP contribution in [0.15, 0.2) is 41.3 Å². The van der Waals surface area contributed by atoms with Crippen molar-refractivity contribution in [2.75, 3.05) is 0 Å². The maximum absolute atomic E-state index is 11.9. The lowest BCUT2D eigenvalue weighted by Crippen LogP contribution is -2.28. The number of nitro benzene ring substituents is 1. The highest BCUT2D eigenvalue weighted by molar-refractivity contribution is 5.93. The maximum Gasteiger partial charge on any atom is 0.274 e. The Balaban J connectivity index is 2.15. The molecule has 7 heteroatoms. The van der Waals surface area contributed by atoms with Crippen LogP contribution in [0, 0.1) is 17.0 Å². The molecule has 1 aromatic heterocycles. The standard InChI is InChI=1S/C14H13N3O4/c1-9-6-13(18)11(8-15-9)14(19)16-7-10-4-2-3-5-12(10)17(20)21/h2-6,8H,7H2,1H3,(H,15,18)(H,16,19). The number of para-hydroxylation sites is 1. The number of carbonyl (C=O) groups is 1. The number of pyridine rings is 1. The summed E-state index contributed by atoms with van der Waals surface area (Å²) in [4.78, 5) is 36.7. The number of nitrogens with zero attached hydrogens (tertiary/aromatic N) is 1. The molecule has 0 aliphatic carbocycles. The van der Waals surface area contributed by atoms with Crippen LogP contribution in [0.2, 0.25) is 0 Å². The Morgan fingerprint density at radius 3 is 2.76 bits per heavy atom. The SMILES string of the molecule is Cc1cc(=O)c(C(=O)NCc2ccccc2[N+](=O)[O-])c[nH]1. The molecule has 0 bridgehead atoms. The van der Waals surface area contributed by atoms with Crippen molar-refractivity contribution in [1.82, 2.24) is 10.3 Å². The molecule has 7 nitrogen and oxygen atoms in total. The fraction of sp³-hybridized carbons (Fsp3) is 0.143. The van der Waals surface area contributed by atoms with Gasteiger partial charge in [0.2, 0.25) is 0 Å². The zero-order valence-corrected chi connectivity index (χ0v) is 11.3. The number of aromatic nitrogens is 1. The number of hydrogen-bond acceptors (Lipinski definition) is 4. The van der Waals surface area contributed by atoms with Crippen molar-refractivity contribution in [2.24, 2.45) is 0 Å². The van der Waals surface area contributed by atoms with E-state index < -0.39 is 16.3 Å². The Morgan fingerprint density at radius 2 is 2.10 bits per heavy atom. The Hall–Kier alpha value is -2.96. The van der Waals surface area contributed by atoms with Gasteiger partial charge in [0.1, 0.15) is 5.56 Å². The Labute approximate surface area is 119 Å². The zero-order valence-electron chi connectivity index (χ0n) is 11.3. The van der Waals surface area contributed by atoms with Gasteiger partial charge in [-0.05, 0) is 6.92 Å². The van der Waals surface area contributed by atoms with Crippen molar-refractivity contribution in [2.45, 2.75) is 13.5 Å². The average molecular weight is 287 g/mol. The fourth-order valence-electron chi connectivity index (χ4n) is 1.86. The Bertz CT molecular complexity index is 752. The van der Waals surface area contributed by atoms with Gasteiger partial charge >= 0.3 is 0 Å². The van der Waals surface area contributed by atoms with Crippen molar-refractivity contribution in [3.8, 4) is 0 Å². The first-order chi connectivity index (χ1) is 9.99. The minimum atomic E-state index is -0.575. The van der Waals surface area contributed by atoms with Gasteiger partial charge in [-0.1, -0.05) is 18.2 Å². The van der Waals surface area contributed by atoms with E-state index in [2.05, 4.69) is 10.3 Å². The number of nitrogens with one attached hydrogen (secondary N) is 2. The van der Waals surface area contributed by atoms with Crippen LogP contribution in [0.5, 0.6) is 0 Å². The Kier molecular flexibility index (Phi) is 4.13. The molecule has 0 atom stereocenters. The van der Waals surface area contributed by atoms with E-state index in [4.69, 9.17) is 0 Å². The van der Waals surface area contributed by atoms with Gasteiger partial charge in [0.05, 0.1) is 4.92 Å². The molecule has 2 N–H and O–H groups in total. The molecule has 1 amide bonds. The third-order valence-corrected chi connectivity index (χ3v) is 2.93. The molecule has 0 radical (unpaired) electrons. The van der Waals surface area contributed by atoms with E-state index in [9.17, 15) is 19.7 Å². The normalized spacial score (nSPS) is 10.1. The summed E-state index contributed by atoms with van der Waals surface area (Å²) in [5.41, 5.74) is 0.524. The van der Waals surface area contributed by atoms with Gasteiger partial charge in [-0.15, -0.1) is 0 Å². The number of aromatic amines is 1. The van der Waals surface area contributed by atoms with Crippen LogP contribution in [-0.2, 0) is 6.54 Å². The first-order valence-corrected chi connectivity index (χ1v) is 6.19. The number of benzene rings is 1. The van der Waals surface area contributed by atoms with Crippen molar-refractivity contribution < 1.29 is 9.72 Å². The lowest BCUT2D eigenvalue weighted by molar-refractivity contribution is -0.385. The van der Waals surface area contributed by atoms with E-state index in [0.29, 0.717) is 11.3 Å². The second-order valence-electron chi connectivity index (χ2n) is 4.46. The summed E-state index contributed by atoms with van der Waals surface area (Å²) in [6, 6.07) is 7.43. The highest BCUT2D eigenvalue weighted by Crippen LogP contribution is 2.17. The van der Waals surface area contributed by atoms with E-state index in [-0.39, 0.29) is 17.8 Å². The van der Waals surface area contributed by atoms with Crippen LogP contribution in [0.3, 0.4) is 0 Å². The molecular formula is C14H13N3O4. The highest BCUT2D eigenvalue weighted by atomic mass is 16.6. The summed E-state index contributed by atoms with van der Waals surface area (Å²) < 4.78 is 0. The number of nitro groups is 1. The minimum absolute atomic E-state index is 0.0245.